The Morgan fingerprint density at radius 1 is 1.19 bits per heavy atom. The topological polar surface area (TPSA) is 32.3 Å². The molecule has 0 bridgehead atoms. The van der Waals surface area contributed by atoms with E-state index in [1.54, 1.807) is 0 Å². The lowest BCUT2D eigenvalue weighted by atomic mass is 9.86. The summed E-state index contributed by atoms with van der Waals surface area (Å²) in [5, 5.41) is 16.6. The van der Waals surface area contributed by atoms with Crippen LogP contribution in [0.1, 0.15) is 44.3 Å². The first-order valence-electron chi connectivity index (χ1n) is 8.17. The van der Waals surface area contributed by atoms with E-state index in [9.17, 15) is 5.11 Å². The molecule has 21 heavy (non-hydrogen) atoms. The molecule has 2 nitrogen and oxygen atoms in total. The van der Waals surface area contributed by atoms with Crippen LogP contribution in [0.2, 0.25) is 0 Å². The molecule has 3 unspecified atom stereocenters. The van der Waals surface area contributed by atoms with E-state index >= 15 is 0 Å². The van der Waals surface area contributed by atoms with Gasteiger partial charge in [0.2, 0.25) is 0 Å². The van der Waals surface area contributed by atoms with Crippen LogP contribution in [0.3, 0.4) is 0 Å². The highest BCUT2D eigenvalue weighted by Gasteiger charge is 2.23. The highest BCUT2D eigenvalue weighted by molar-refractivity contribution is 5.85. The highest BCUT2D eigenvalue weighted by Crippen LogP contribution is 2.30. The monoisotopic (exact) mass is 283 g/mol. The largest absolute Gasteiger partial charge is 0.388 e. The van der Waals surface area contributed by atoms with E-state index in [1.165, 1.54) is 30.0 Å². The van der Waals surface area contributed by atoms with Crippen molar-refractivity contribution in [3.63, 3.8) is 0 Å². The molecule has 1 saturated heterocycles. The lowest BCUT2D eigenvalue weighted by Crippen LogP contribution is -2.38. The summed E-state index contributed by atoms with van der Waals surface area (Å²) < 4.78 is 0. The summed E-state index contributed by atoms with van der Waals surface area (Å²) in [6.45, 7) is 3.36. The normalized spacial score (nSPS) is 24.1. The summed E-state index contributed by atoms with van der Waals surface area (Å²) in [6, 6.07) is 15.0. The Morgan fingerprint density at radius 3 is 2.86 bits per heavy atom. The molecule has 2 aromatic rings. The number of hydrogen-bond donors (Lipinski definition) is 2. The highest BCUT2D eigenvalue weighted by atomic mass is 16.3. The second-order valence-corrected chi connectivity index (χ2v) is 6.27. The number of aliphatic hydroxyl groups excluding tert-OH is 1. The van der Waals surface area contributed by atoms with Crippen molar-refractivity contribution < 1.29 is 5.11 Å². The van der Waals surface area contributed by atoms with Crippen LogP contribution in [-0.4, -0.2) is 17.7 Å². The van der Waals surface area contributed by atoms with Gasteiger partial charge in [0.15, 0.2) is 0 Å². The minimum Gasteiger partial charge on any atom is -0.388 e. The molecule has 1 heterocycles. The number of nitrogens with one attached hydrogen (secondary N) is 1. The molecule has 1 fully saturated rings. The van der Waals surface area contributed by atoms with Gasteiger partial charge < -0.3 is 10.4 Å². The molecule has 0 aromatic heterocycles. The number of fused-ring (bicyclic) bond motifs is 1. The molecule has 1 aliphatic heterocycles. The van der Waals surface area contributed by atoms with Crippen molar-refractivity contribution in [3.8, 4) is 0 Å². The Balaban J connectivity index is 1.76. The predicted octanol–water partition coefficient (Wildman–Crippen LogP) is 4.04. The first-order valence-corrected chi connectivity index (χ1v) is 8.17. The van der Waals surface area contributed by atoms with Crippen LogP contribution >= 0.6 is 0 Å². The summed E-state index contributed by atoms with van der Waals surface area (Å²) in [6.07, 6.45) is 4.15. The number of hydrogen-bond acceptors (Lipinski definition) is 2. The van der Waals surface area contributed by atoms with Crippen LogP contribution < -0.4 is 5.32 Å². The second-order valence-electron chi connectivity index (χ2n) is 6.27. The van der Waals surface area contributed by atoms with Crippen LogP contribution in [0.15, 0.2) is 42.5 Å². The molecule has 2 aromatic carbocycles. The quantitative estimate of drug-likeness (QED) is 0.887. The zero-order chi connectivity index (χ0) is 14.7. The number of piperidine rings is 1. The zero-order valence-corrected chi connectivity index (χ0v) is 12.8. The molecule has 2 heteroatoms. The lowest BCUT2D eigenvalue weighted by molar-refractivity contribution is 0.137. The molecule has 0 radical (unpaired) electrons. The Labute approximate surface area is 127 Å². The van der Waals surface area contributed by atoms with Crippen molar-refractivity contribution >= 4 is 10.8 Å². The van der Waals surface area contributed by atoms with E-state index in [0.29, 0.717) is 6.04 Å². The summed E-state index contributed by atoms with van der Waals surface area (Å²) in [4.78, 5) is 0. The van der Waals surface area contributed by atoms with Gasteiger partial charge in [-0.15, -0.1) is 0 Å². The lowest BCUT2D eigenvalue weighted by Gasteiger charge is -2.31. The molecule has 0 aliphatic carbocycles. The van der Waals surface area contributed by atoms with Crippen LogP contribution in [0.5, 0.6) is 0 Å². The Morgan fingerprint density at radius 2 is 2.00 bits per heavy atom. The van der Waals surface area contributed by atoms with E-state index in [1.807, 2.05) is 18.2 Å². The third-order valence-corrected chi connectivity index (χ3v) is 4.87. The predicted molar refractivity (Wildman–Crippen MR) is 88.3 cm³/mol. The Kier molecular flexibility index (Phi) is 4.57. The molecule has 0 amide bonds. The van der Waals surface area contributed by atoms with Gasteiger partial charge in [-0.05, 0) is 48.1 Å². The molecule has 0 saturated carbocycles. The van der Waals surface area contributed by atoms with Crippen molar-refractivity contribution in [1.29, 1.82) is 0 Å². The van der Waals surface area contributed by atoms with Gasteiger partial charge in [-0.2, -0.15) is 0 Å². The maximum absolute atomic E-state index is 10.7. The van der Waals surface area contributed by atoms with Crippen LogP contribution in [0.4, 0.5) is 0 Å². The second kappa shape index (κ2) is 6.59. The molecule has 1 aliphatic rings. The van der Waals surface area contributed by atoms with Crippen molar-refractivity contribution in [2.45, 2.75) is 44.8 Å². The van der Waals surface area contributed by atoms with Gasteiger partial charge in [0.25, 0.3) is 0 Å². The van der Waals surface area contributed by atoms with Crippen molar-refractivity contribution in [3.05, 3.63) is 48.0 Å². The van der Waals surface area contributed by atoms with E-state index in [2.05, 4.69) is 36.5 Å². The number of aliphatic hydroxyl groups is 1. The fourth-order valence-electron chi connectivity index (χ4n) is 3.58. The van der Waals surface area contributed by atoms with Crippen LogP contribution in [0.25, 0.3) is 10.8 Å². The fourth-order valence-corrected chi connectivity index (χ4v) is 3.58. The Hall–Kier alpha value is -1.38. The van der Waals surface area contributed by atoms with Gasteiger partial charge in [-0.1, -0.05) is 55.8 Å². The zero-order valence-electron chi connectivity index (χ0n) is 12.8. The van der Waals surface area contributed by atoms with Gasteiger partial charge in [0.05, 0.1) is 6.10 Å². The van der Waals surface area contributed by atoms with Crippen molar-refractivity contribution in [2.24, 2.45) is 5.92 Å². The summed E-state index contributed by atoms with van der Waals surface area (Å²) in [7, 11) is 0. The smallest absolute Gasteiger partial charge is 0.0810 e. The maximum atomic E-state index is 10.7. The molecule has 3 atom stereocenters. The molecule has 3 rings (SSSR count). The first-order chi connectivity index (χ1) is 10.3. The maximum Gasteiger partial charge on any atom is 0.0810 e. The summed E-state index contributed by atoms with van der Waals surface area (Å²) >= 11 is 0. The van der Waals surface area contributed by atoms with Gasteiger partial charge >= 0.3 is 0 Å². The van der Waals surface area contributed by atoms with Gasteiger partial charge in [0, 0.05) is 6.04 Å². The molecular weight excluding hydrogens is 258 g/mol. The van der Waals surface area contributed by atoms with Crippen molar-refractivity contribution in [1.82, 2.24) is 5.32 Å². The standard InChI is InChI=1S/C19H25NO/c1-2-14-10-11-20-16(12-14)13-19(21)18-9-5-7-15-6-3-4-8-17(15)18/h3-9,14,16,19-21H,2,10-13H2,1H3. The molecule has 2 N–H and O–H groups in total. The third-order valence-electron chi connectivity index (χ3n) is 4.87. The molecule has 112 valence electrons. The van der Waals surface area contributed by atoms with E-state index in [0.717, 1.165) is 24.4 Å². The Bertz CT molecular complexity index is 590. The van der Waals surface area contributed by atoms with Gasteiger partial charge in [-0.3, -0.25) is 0 Å². The first kappa shape index (κ1) is 14.6. The van der Waals surface area contributed by atoms with Gasteiger partial charge in [0.1, 0.15) is 0 Å². The third kappa shape index (κ3) is 3.28. The average molecular weight is 283 g/mol. The van der Waals surface area contributed by atoms with E-state index in [-0.39, 0.29) is 6.10 Å². The van der Waals surface area contributed by atoms with Crippen LogP contribution in [0, 0.1) is 5.92 Å². The average Bonchev–Trinajstić information content (AvgIpc) is 2.54. The minimum absolute atomic E-state index is 0.385. The number of benzene rings is 2. The summed E-state index contributed by atoms with van der Waals surface area (Å²) in [5.74, 6) is 0.816. The van der Waals surface area contributed by atoms with E-state index < -0.39 is 0 Å². The molecular formula is C19H25NO. The fraction of sp³-hybridized carbons (Fsp3) is 0.474. The van der Waals surface area contributed by atoms with Gasteiger partial charge in [-0.25, -0.2) is 0 Å². The summed E-state index contributed by atoms with van der Waals surface area (Å²) in [5.41, 5.74) is 1.06. The van der Waals surface area contributed by atoms with Crippen LogP contribution in [-0.2, 0) is 0 Å². The molecule has 0 spiro atoms. The van der Waals surface area contributed by atoms with E-state index in [4.69, 9.17) is 0 Å². The van der Waals surface area contributed by atoms with Crippen molar-refractivity contribution in [2.75, 3.05) is 6.54 Å². The number of rotatable bonds is 4. The SMILES string of the molecule is CCC1CCNC(CC(O)c2cccc3ccccc23)C1. The minimum atomic E-state index is -0.385.